The van der Waals surface area contributed by atoms with Crippen LogP contribution in [0.2, 0.25) is 0 Å². The molecule has 0 unspecified atom stereocenters. The second-order valence-corrected chi connectivity index (χ2v) is 8.04. The van der Waals surface area contributed by atoms with Crippen LogP contribution in [0.5, 0.6) is 0 Å². The maximum atomic E-state index is 12.6. The minimum Gasteiger partial charge on any atom is -0.368 e. The Morgan fingerprint density at radius 2 is 1.85 bits per heavy atom. The number of thiophene rings is 1. The number of anilines is 1. The van der Waals surface area contributed by atoms with Gasteiger partial charge < -0.3 is 15.6 Å². The second kappa shape index (κ2) is 8.01. The molecule has 3 aromatic rings. The third kappa shape index (κ3) is 3.93. The van der Waals surface area contributed by atoms with Crippen LogP contribution in [0.4, 0.5) is 5.69 Å². The summed E-state index contributed by atoms with van der Waals surface area (Å²) in [5, 5.41) is 10.8. The number of nitrogens with zero attached hydrogens (tertiary/aromatic N) is 5. The fourth-order valence-electron chi connectivity index (χ4n) is 3.02. The van der Waals surface area contributed by atoms with E-state index in [9.17, 15) is 4.79 Å². The molecule has 1 aliphatic heterocycles. The summed E-state index contributed by atoms with van der Waals surface area (Å²) in [6.45, 7) is 3.14. The van der Waals surface area contributed by atoms with Gasteiger partial charge in [0.1, 0.15) is 0 Å². The van der Waals surface area contributed by atoms with Crippen molar-refractivity contribution in [1.29, 1.82) is 0 Å². The van der Waals surface area contributed by atoms with Gasteiger partial charge >= 0.3 is 0 Å². The topological polar surface area (TPSA) is 80.3 Å². The van der Waals surface area contributed by atoms with Gasteiger partial charge in [-0.05, 0) is 23.6 Å². The van der Waals surface area contributed by atoms with Gasteiger partial charge in [-0.2, -0.15) is 0 Å². The molecular weight excluding hydrogens is 380 g/mol. The van der Waals surface area contributed by atoms with E-state index in [1.807, 2.05) is 40.6 Å². The summed E-state index contributed by atoms with van der Waals surface area (Å²) >= 11 is 2.88. The fourth-order valence-corrected chi connectivity index (χ4v) is 4.48. The van der Waals surface area contributed by atoms with E-state index in [0.717, 1.165) is 31.1 Å². The van der Waals surface area contributed by atoms with E-state index >= 15 is 0 Å². The number of hydrogen-bond donors (Lipinski definition) is 1. The Labute approximate surface area is 165 Å². The maximum Gasteiger partial charge on any atom is 0.233 e. The SMILES string of the molecule is Nn1c(SCC(=O)N2CCN(c3ccccc3)CC2)nnc1-c1cccs1. The Hall–Kier alpha value is -2.52. The number of amides is 1. The molecule has 140 valence electrons. The minimum atomic E-state index is 0.105. The van der Waals surface area contributed by atoms with Crippen LogP contribution >= 0.6 is 23.1 Å². The minimum absolute atomic E-state index is 0.105. The number of aromatic nitrogens is 3. The summed E-state index contributed by atoms with van der Waals surface area (Å²) in [6.07, 6.45) is 0. The quantitative estimate of drug-likeness (QED) is 0.522. The largest absolute Gasteiger partial charge is 0.368 e. The highest BCUT2D eigenvalue weighted by atomic mass is 32.2. The van der Waals surface area contributed by atoms with Gasteiger partial charge in [0.25, 0.3) is 0 Å². The van der Waals surface area contributed by atoms with E-state index in [1.54, 1.807) is 11.3 Å². The number of para-hydroxylation sites is 1. The van der Waals surface area contributed by atoms with Crippen LogP contribution < -0.4 is 10.7 Å². The molecule has 1 aliphatic rings. The summed E-state index contributed by atoms with van der Waals surface area (Å²) < 4.78 is 1.46. The molecule has 1 aromatic carbocycles. The molecule has 0 spiro atoms. The highest BCUT2D eigenvalue weighted by Crippen LogP contribution is 2.25. The van der Waals surface area contributed by atoms with Gasteiger partial charge in [0.05, 0.1) is 10.6 Å². The van der Waals surface area contributed by atoms with E-state index in [0.29, 0.717) is 16.7 Å². The standard InChI is InChI=1S/C18H20N6OS2/c19-24-17(15-7-4-12-26-15)20-21-18(24)27-13-16(25)23-10-8-22(9-11-23)14-5-2-1-3-6-14/h1-7,12H,8-11,13,19H2. The van der Waals surface area contributed by atoms with Crippen LogP contribution in [0.25, 0.3) is 10.7 Å². The smallest absolute Gasteiger partial charge is 0.233 e. The molecular formula is C18H20N6OS2. The van der Waals surface area contributed by atoms with Gasteiger partial charge in [0.15, 0.2) is 5.82 Å². The fraction of sp³-hybridized carbons (Fsp3) is 0.278. The predicted octanol–water partition coefficient (Wildman–Crippen LogP) is 2.16. The second-order valence-electron chi connectivity index (χ2n) is 6.15. The summed E-state index contributed by atoms with van der Waals surface area (Å²) in [5.74, 6) is 7.13. The lowest BCUT2D eigenvalue weighted by molar-refractivity contribution is -0.128. The Morgan fingerprint density at radius 3 is 2.56 bits per heavy atom. The van der Waals surface area contributed by atoms with Crippen molar-refractivity contribution < 1.29 is 4.79 Å². The van der Waals surface area contributed by atoms with E-state index < -0.39 is 0 Å². The lowest BCUT2D eigenvalue weighted by Gasteiger charge is -2.36. The van der Waals surface area contributed by atoms with Crippen molar-refractivity contribution in [2.45, 2.75) is 5.16 Å². The van der Waals surface area contributed by atoms with Gasteiger partial charge in [-0.1, -0.05) is 36.0 Å². The van der Waals surface area contributed by atoms with Gasteiger partial charge in [-0.3, -0.25) is 4.79 Å². The summed E-state index contributed by atoms with van der Waals surface area (Å²) in [4.78, 5) is 17.7. The van der Waals surface area contributed by atoms with Crippen LogP contribution in [0.3, 0.4) is 0 Å². The van der Waals surface area contributed by atoms with E-state index in [1.165, 1.54) is 22.1 Å². The first kappa shape index (κ1) is 17.9. The number of nitrogen functional groups attached to an aromatic ring is 1. The first-order valence-corrected chi connectivity index (χ1v) is 10.5. The highest BCUT2D eigenvalue weighted by molar-refractivity contribution is 7.99. The lowest BCUT2D eigenvalue weighted by Crippen LogP contribution is -2.49. The molecule has 9 heteroatoms. The van der Waals surface area contributed by atoms with Crippen molar-refractivity contribution in [1.82, 2.24) is 19.8 Å². The molecule has 27 heavy (non-hydrogen) atoms. The van der Waals surface area contributed by atoms with Crippen molar-refractivity contribution >= 4 is 34.7 Å². The first-order valence-electron chi connectivity index (χ1n) is 8.67. The third-order valence-electron chi connectivity index (χ3n) is 4.48. The predicted molar refractivity (Wildman–Crippen MR) is 109 cm³/mol. The number of thioether (sulfide) groups is 1. The number of nitrogens with two attached hydrogens (primary N) is 1. The van der Waals surface area contributed by atoms with Crippen LogP contribution in [-0.2, 0) is 4.79 Å². The first-order chi connectivity index (χ1) is 13.2. The molecule has 1 fully saturated rings. The van der Waals surface area contributed by atoms with Crippen LogP contribution in [-0.4, -0.2) is 57.6 Å². The molecule has 0 saturated carbocycles. The Balaban J connectivity index is 1.31. The van der Waals surface area contributed by atoms with Crippen molar-refractivity contribution in [3.63, 3.8) is 0 Å². The van der Waals surface area contributed by atoms with E-state index in [2.05, 4.69) is 27.2 Å². The number of carbonyl (C=O) groups excluding carboxylic acids is 1. The number of piperazine rings is 1. The van der Waals surface area contributed by atoms with Gasteiger partial charge in [0, 0.05) is 31.9 Å². The Bertz CT molecular complexity index is 888. The summed E-state index contributed by atoms with van der Waals surface area (Å²) in [5.41, 5.74) is 1.20. The van der Waals surface area contributed by atoms with Crippen LogP contribution in [0.1, 0.15) is 0 Å². The summed E-state index contributed by atoms with van der Waals surface area (Å²) in [6, 6.07) is 14.2. The number of benzene rings is 1. The molecule has 2 N–H and O–H groups in total. The average Bonchev–Trinajstić information content (AvgIpc) is 3.37. The molecule has 1 saturated heterocycles. The van der Waals surface area contributed by atoms with Gasteiger partial charge in [-0.15, -0.1) is 21.5 Å². The lowest BCUT2D eigenvalue weighted by atomic mass is 10.2. The van der Waals surface area contributed by atoms with E-state index in [-0.39, 0.29) is 5.91 Å². The van der Waals surface area contributed by atoms with Gasteiger partial charge in [-0.25, -0.2) is 4.68 Å². The van der Waals surface area contributed by atoms with Crippen molar-refractivity contribution in [2.75, 3.05) is 42.7 Å². The molecule has 0 radical (unpaired) electrons. The zero-order valence-electron chi connectivity index (χ0n) is 14.7. The van der Waals surface area contributed by atoms with Crippen molar-refractivity contribution in [2.24, 2.45) is 0 Å². The number of hydrogen-bond acceptors (Lipinski definition) is 7. The monoisotopic (exact) mass is 400 g/mol. The molecule has 0 bridgehead atoms. The maximum absolute atomic E-state index is 12.6. The van der Waals surface area contributed by atoms with E-state index in [4.69, 9.17) is 5.84 Å². The van der Waals surface area contributed by atoms with Crippen molar-refractivity contribution in [3.05, 3.63) is 47.8 Å². The normalized spacial score (nSPS) is 14.5. The molecule has 0 aliphatic carbocycles. The molecule has 3 heterocycles. The third-order valence-corrected chi connectivity index (χ3v) is 6.28. The molecule has 2 aromatic heterocycles. The zero-order valence-corrected chi connectivity index (χ0v) is 16.3. The number of carbonyl (C=O) groups is 1. The zero-order chi connectivity index (χ0) is 18.6. The van der Waals surface area contributed by atoms with Gasteiger partial charge in [0.2, 0.25) is 11.1 Å². The summed E-state index contributed by atoms with van der Waals surface area (Å²) in [7, 11) is 0. The number of rotatable bonds is 5. The average molecular weight is 401 g/mol. The molecule has 1 amide bonds. The molecule has 0 atom stereocenters. The Morgan fingerprint density at radius 1 is 1.07 bits per heavy atom. The Kier molecular flexibility index (Phi) is 5.30. The highest BCUT2D eigenvalue weighted by Gasteiger charge is 2.22. The molecule has 7 nitrogen and oxygen atoms in total. The van der Waals surface area contributed by atoms with Crippen LogP contribution in [0, 0.1) is 0 Å². The van der Waals surface area contributed by atoms with Crippen LogP contribution in [0.15, 0.2) is 53.0 Å². The van der Waals surface area contributed by atoms with Crippen molar-refractivity contribution in [3.8, 4) is 10.7 Å². The molecule has 4 rings (SSSR count).